The molecular weight excluding hydrogens is 390 g/mol. The second-order valence-electron chi connectivity index (χ2n) is 7.95. The van der Waals surface area contributed by atoms with Crippen LogP contribution in [0.25, 0.3) is 16.6 Å². The van der Waals surface area contributed by atoms with Gasteiger partial charge < -0.3 is 9.47 Å². The Morgan fingerprint density at radius 2 is 2.10 bits per heavy atom. The Bertz CT molecular complexity index is 1250. The third-order valence-corrected chi connectivity index (χ3v) is 5.99. The van der Waals surface area contributed by atoms with E-state index in [0.29, 0.717) is 11.1 Å². The van der Waals surface area contributed by atoms with Gasteiger partial charge in [-0.25, -0.2) is 4.99 Å². The molecule has 1 aromatic heterocycles. The van der Waals surface area contributed by atoms with E-state index >= 15 is 0 Å². The quantitative estimate of drug-likeness (QED) is 0.632. The van der Waals surface area contributed by atoms with E-state index in [1.54, 1.807) is 0 Å². The first-order chi connectivity index (χ1) is 15.3. The minimum atomic E-state index is 0.206. The zero-order valence-corrected chi connectivity index (χ0v) is 16.9. The molecule has 3 aliphatic rings. The Balaban J connectivity index is 1.31. The van der Waals surface area contributed by atoms with Crippen LogP contribution in [0.5, 0.6) is 5.75 Å². The lowest BCUT2D eigenvalue weighted by Crippen LogP contribution is -2.44. The normalized spacial score (nSPS) is 24.3. The van der Waals surface area contributed by atoms with E-state index in [-0.39, 0.29) is 6.10 Å². The standard InChI is InChI=1S/C24H22N5O2/c1-2-21(30-11-1)16-31-20-7-5-19(6-8-20)29-10-9-25-24(29)14-26-23(15-29)17-3-4-18-13-27-28-22(18)12-17/h3-10,12-15,21H,1-2,11,16H2,(H,27,28)/q+1/t21-,29?/m0/s1. The molecule has 1 unspecified atom stereocenters. The minimum absolute atomic E-state index is 0.206. The van der Waals surface area contributed by atoms with Crippen molar-refractivity contribution in [2.24, 2.45) is 9.98 Å². The maximum Gasteiger partial charge on any atom is 0.261 e. The van der Waals surface area contributed by atoms with Gasteiger partial charge in [0, 0.05) is 29.7 Å². The minimum Gasteiger partial charge on any atom is -0.491 e. The van der Waals surface area contributed by atoms with E-state index < -0.39 is 0 Å². The van der Waals surface area contributed by atoms with Crippen LogP contribution in [0.4, 0.5) is 5.69 Å². The number of H-pyrrole nitrogens is 1. The van der Waals surface area contributed by atoms with Crippen molar-refractivity contribution in [1.29, 1.82) is 0 Å². The molecule has 0 bridgehead atoms. The summed E-state index contributed by atoms with van der Waals surface area (Å²) in [4.78, 5) is 9.21. The van der Waals surface area contributed by atoms with Crippen molar-refractivity contribution in [3.63, 3.8) is 0 Å². The summed E-state index contributed by atoms with van der Waals surface area (Å²) < 4.78 is 12.0. The van der Waals surface area contributed by atoms with E-state index in [2.05, 4.69) is 62.9 Å². The topological polar surface area (TPSA) is 71.9 Å². The lowest BCUT2D eigenvalue weighted by atomic mass is 10.1. The van der Waals surface area contributed by atoms with Crippen molar-refractivity contribution >= 4 is 34.3 Å². The van der Waals surface area contributed by atoms with Gasteiger partial charge in [0.15, 0.2) is 0 Å². The summed E-state index contributed by atoms with van der Waals surface area (Å²) in [6.45, 7) is 1.43. The van der Waals surface area contributed by atoms with Gasteiger partial charge in [0.1, 0.15) is 42.4 Å². The monoisotopic (exact) mass is 412 g/mol. The molecule has 0 radical (unpaired) electrons. The third kappa shape index (κ3) is 3.19. The summed E-state index contributed by atoms with van der Waals surface area (Å²) in [7, 11) is 0. The van der Waals surface area contributed by atoms with Crippen LogP contribution in [-0.2, 0) is 4.74 Å². The van der Waals surface area contributed by atoms with Gasteiger partial charge in [0.2, 0.25) is 0 Å². The Hall–Kier alpha value is -3.55. The highest BCUT2D eigenvalue weighted by Gasteiger charge is 2.39. The van der Waals surface area contributed by atoms with Crippen LogP contribution in [-0.4, -0.2) is 41.6 Å². The molecule has 0 saturated carbocycles. The SMILES string of the molecule is C1=C[N+]2(c3ccc(OC[C@@H]4CCCO4)cc3)C=C(c3ccc4cn[nH]c4c3)N=CC2=N1. The van der Waals surface area contributed by atoms with E-state index in [1.165, 1.54) is 0 Å². The number of rotatable bonds is 5. The van der Waals surface area contributed by atoms with E-state index in [1.807, 2.05) is 30.7 Å². The second kappa shape index (κ2) is 7.30. The lowest BCUT2D eigenvalue weighted by molar-refractivity contribution is 0.0679. The molecule has 1 saturated heterocycles. The van der Waals surface area contributed by atoms with Gasteiger partial charge in [0.25, 0.3) is 5.84 Å². The summed E-state index contributed by atoms with van der Waals surface area (Å²) in [5.74, 6) is 1.71. The molecule has 31 heavy (non-hydrogen) atoms. The molecular formula is C24H22N5O2+. The zero-order chi connectivity index (χ0) is 20.7. The number of benzene rings is 2. The molecule has 0 spiro atoms. The summed E-state index contributed by atoms with van der Waals surface area (Å²) >= 11 is 0. The molecule has 3 aliphatic heterocycles. The molecule has 7 heteroatoms. The van der Waals surface area contributed by atoms with Gasteiger partial charge in [-0.2, -0.15) is 14.6 Å². The Morgan fingerprint density at radius 1 is 1.16 bits per heavy atom. The van der Waals surface area contributed by atoms with Gasteiger partial charge in [0.05, 0.1) is 24.0 Å². The maximum atomic E-state index is 5.93. The summed E-state index contributed by atoms with van der Waals surface area (Å²) in [5.41, 5.74) is 3.98. The highest BCUT2D eigenvalue weighted by molar-refractivity contribution is 6.37. The molecule has 4 heterocycles. The molecule has 2 atom stereocenters. The predicted octanol–water partition coefficient (Wildman–Crippen LogP) is 4.39. The number of nitrogens with zero attached hydrogens (tertiary/aromatic N) is 4. The van der Waals surface area contributed by atoms with Crippen molar-refractivity contribution in [3.8, 4) is 5.75 Å². The van der Waals surface area contributed by atoms with Crippen molar-refractivity contribution in [2.75, 3.05) is 13.2 Å². The van der Waals surface area contributed by atoms with Crippen molar-refractivity contribution < 1.29 is 9.47 Å². The molecule has 2 aromatic carbocycles. The van der Waals surface area contributed by atoms with E-state index in [4.69, 9.17) is 9.47 Å². The molecule has 154 valence electrons. The van der Waals surface area contributed by atoms with Gasteiger partial charge in [-0.1, -0.05) is 12.1 Å². The fraction of sp³-hybridized carbons (Fsp3) is 0.208. The smallest absolute Gasteiger partial charge is 0.261 e. The van der Waals surface area contributed by atoms with Crippen molar-refractivity contribution in [2.45, 2.75) is 18.9 Å². The van der Waals surface area contributed by atoms with Gasteiger partial charge in [-0.3, -0.25) is 5.10 Å². The fourth-order valence-corrected chi connectivity index (χ4v) is 4.27. The summed E-state index contributed by atoms with van der Waals surface area (Å²) in [5, 5.41) is 8.22. The number of aliphatic imine (C=N–C) groups is 2. The number of aromatic amines is 1. The Morgan fingerprint density at radius 3 is 2.97 bits per heavy atom. The second-order valence-corrected chi connectivity index (χ2v) is 7.95. The summed E-state index contributed by atoms with van der Waals surface area (Å²) in [6, 6.07) is 14.4. The van der Waals surface area contributed by atoms with Crippen LogP contribution < -0.4 is 9.22 Å². The molecule has 7 nitrogen and oxygen atoms in total. The van der Waals surface area contributed by atoms with E-state index in [9.17, 15) is 0 Å². The third-order valence-electron chi connectivity index (χ3n) is 5.99. The van der Waals surface area contributed by atoms with E-state index in [0.717, 1.165) is 58.9 Å². The molecule has 0 amide bonds. The predicted molar refractivity (Wildman–Crippen MR) is 122 cm³/mol. The number of aromatic nitrogens is 2. The number of fused-ring (bicyclic) bond motifs is 2. The number of nitrogens with one attached hydrogen (secondary N) is 1. The van der Waals surface area contributed by atoms with Gasteiger partial charge in [-0.15, -0.1) is 0 Å². The van der Waals surface area contributed by atoms with Crippen LogP contribution >= 0.6 is 0 Å². The van der Waals surface area contributed by atoms with Crippen LogP contribution in [0.3, 0.4) is 0 Å². The fourth-order valence-electron chi connectivity index (χ4n) is 4.27. The molecule has 3 aromatic rings. The van der Waals surface area contributed by atoms with Crippen molar-refractivity contribution in [3.05, 3.63) is 72.8 Å². The Labute approximate surface area is 179 Å². The number of ether oxygens (including phenoxy) is 2. The molecule has 0 aliphatic carbocycles. The molecule has 1 fully saturated rings. The number of hydrogen-bond acceptors (Lipinski definition) is 5. The van der Waals surface area contributed by atoms with Gasteiger partial charge in [-0.05, 0) is 31.0 Å². The first-order valence-corrected chi connectivity index (χ1v) is 10.5. The number of quaternary nitrogens is 1. The first kappa shape index (κ1) is 18.2. The maximum absolute atomic E-state index is 5.93. The Kier molecular flexibility index (Phi) is 4.29. The molecule has 1 N–H and O–H groups in total. The van der Waals surface area contributed by atoms with Crippen LogP contribution in [0.2, 0.25) is 0 Å². The number of hydrogen-bond donors (Lipinski definition) is 1. The van der Waals surface area contributed by atoms with Crippen LogP contribution in [0.15, 0.2) is 77.2 Å². The molecule has 6 rings (SSSR count). The highest BCUT2D eigenvalue weighted by Crippen LogP contribution is 2.35. The average molecular weight is 412 g/mol. The number of amidine groups is 1. The highest BCUT2D eigenvalue weighted by atomic mass is 16.5. The lowest BCUT2D eigenvalue weighted by Gasteiger charge is -2.29. The average Bonchev–Trinajstić information content (AvgIpc) is 3.58. The zero-order valence-electron chi connectivity index (χ0n) is 16.9. The summed E-state index contributed by atoms with van der Waals surface area (Å²) in [6.07, 6.45) is 12.1. The first-order valence-electron chi connectivity index (χ1n) is 10.5. The van der Waals surface area contributed by atoms with Crippen LogP contribution in [0.1, 0.15) is 18.4 Å². The van der Waals surface area contributed by atoms with Gasteiger partial charge >= 0.3 is 0 Å². The van der Waals surface area contributed by atoms with Crippen LogP contribution in [0, 0.1) is 0 Å². The van der Waals surface area contributed by atoms with Crippen molar-refractivity contribution in [1.82, 2.24) is 14.7 Å². The largest absolute Gasteiger partial charge is 0.491 e.